The molecule has 0 spiro atoms. The third-order valence-electron chi connectivity index (χ3n) is 3.23. The lowest BCUT2D eigenvalue weighted by Crippen LogP contribution is -2.10. The molecule has 18 heavy (non-hydrogen) atoms. The number of hydrogen-bond donors (Lipinski definition) is 1. The van der Waals surface area contributed by atoms with Gasteiger partial charge in [-0.3, -0.25) is 0 Å². The minimum Gasteiger partial charge on any atom is -0.459 e. The molecule has 2 nitrogen and oxygen atoms in total. The van der Waals surface area contributed by atoms with Crippen molar-refractivity contribution in [3.05, 3.63) is 57.5 Å². The Labute approximate surface area is 110 Å². The first-order valence-electron chi connectivity index (χ1n) is 5.93. The Bertz CT molecular complexity index is 695. The lowest BCUT2D eigenvalue weighted by Gasteiger charge is -2.07. The highest BCUT2D eigenvalue weighted by Gasteiger charge is 2.16. The fraction of sp³-hybridized carbons (Fsp3) is 0.200. The fourth-order valence-electron chi connectivity index (χ4n) is 2.18. The van der Waals surface area contributed by atoms with E-state index in [1.807, 2.05) is 12.1 Å². The molecule has 3 heteroatoms. The first-order chi connectivity index (χ1) is 8.65. The number of thiophene rings is 1. The summed E-state index contributed by atoms with van der Waals surface area (Å²) in [5, 5.41) is 5.33. The van der Waals surface area contributed by atoms with Crippen LogP contribution in [-0.4, -0.2) is 0 Å². The average molecular weight is 257 g/mol. The van der Waals surface area contributed by atoms with Gasteiger partial charge in [0.15, 0.2) is 0 Å². The van der Waals surface area contributed by atoms with Crippen LogP contribution in [0, 0.1) is 13.8 Å². The molecule has 0 amide bonds. The summed E-state index contributed by atoms with van der Waals surface area (Å²) >= 11 is 1.68. The summed E-state index contributed by atoms with van der Waals surface area (Å²) in [5.74, 6) is 0.831. The summed E-state index contributed by atoms with van der Waals surface area (Å²) in [6.45, 7) is 4.16. The number of fused-ring (bicyclic) bond motifs is 1. The van der Waals surface area contributed by atoms with E-state index in [1.165, 1.54) is 11.1 Å². The van der Waals surface area contributed by atoms with Gasteiger partial charge in [-0.05, 0) is 53.9 Å². The summed E-state index contributed by atoms with van der Waals surface area (Å²) in [6, 6.07) is 8.04. The van der Waals surface area contributed by atoms with Gasteiger partial charge in [0.25, 0.3) is 0 Å². The molecule has 0 aliphatic heterocycles. The average Bonchev–Trinajstić information content (AvgIpc) is 2.93. The molecule has 2 aromatic heterocycles. The minimum atomic E-state index is -0.177. The second-order valence-corrected chi connectivity index (χ2v) is 5.42. The summed E-state index contributed by atoms with van der Waals surface area (Å²) in [6.07, 6.45) is 0. The maximum atomic E-state index is 6.28. The molecular weight excluding hydrogens is 242 g/mol. The van der Waals surface area contributed by atoms with E-state index in [0.717, 1.165) is 22.3 Å². The summed E-state index contributed by atoms with van der Waals surface area (Å²) in [7, 11) is 0. The number of aryl methyl sites for hydroxylation is 2. The molecule has 2 N–H and O–H groups in total. The van der Waals surface area contributed by atoms with Crippen molar-refractivity contribution >= 4 is 22.3 Å². The molecule has 0 fully saturated rings. The number of rotatable bonds is 2. The largest absolute Gasteiger partial charge is 0.459 e. The molecule has 0 saturated heterocycles. The van der Waals surface area contributed by atoms with Crippen LogP contribution >= 0.6 is 11.3 Å². The predicted molar refractivity (Wildman–Crippen MR) is 76.0 cm³/mol. The Balaban J connectivity index is 2.07. The second-order valence-electron chi connectivity index (χ2n) is 4.68. The van der Waals surface area contributed by atoms with Gasteiger partial charge in [-0.2, -0.15) is 11.3 Å². The fourth-order valence-corrected chi connectivity index (χ4v) is 3.07. The van der Waals surface area contributed by atoms with Crippen LogP contribution in [0.1, 0.15) is 28.5 Å². The van der Waals surface area contributed by atoms with E-state index >= 15 is 0 Å². The summed E-state index contributed by atoms with van der Waals surface area (Å²) in [4.78, 5) is 0. The molecule has 1 aromatic carbocycles. The topological polar surface area (TPSA) is 39.2 Å². The zero-order valence-electron chi connectivity index (χ0n) is 10.4. The normalized spacial score (nSPS) is 13.1. The molecule has 0 bridgehead atoms. The highest BCUT2D eigenvalue weighted by Crippen LogP contribution is 2.30. The van der Waals surface area contributed by atoms with E-state index in [9.17, 15) is 0 Å². The quantitative estimate of drug-likeness (QED) is 0.748. The van der Waals surface area contributed by atoms with Crippen LogP contribution in [0.2, 0.25) is 0 Å². The molecule has 92 valence electrons. The third kappa shape index (κ3) is 1.85. The van der Waals surface area contributed by atoms with Crippen LogP contribution in [0.15, 0.2) is 39.4 Å². The van der Waals surface area contributed by atoms with Crippen LogP contribution in [0.3, 0.4) is 0 Å². The van der Waals surface area contributed by atoms with Crippen molar-refractivity contribution in [2.24, 2.45) is 5.73 Å². The van der Waals surface area contributed by atoms with Gasteiger partial charge in [0.1, 0.15) is 11.3 Å². The van der Waals surface area contributed by atoms with Crippen LogP contribution < -0.4 is 5.73 Å². The Kier molecular flexibility index (Phi) is 2.73. The van der Waals surface area contributed by atoms with Crippen molar-refractivity contribution in [2.45, 2.75) is 19.9 Å². The maximum Gasteiger partial charge on any atom is 0.134 e. The SMILES string of the molecule is Cc1ccc2oc(C(N)c3cscc3C)cc2c1. The Morgan fingerprint density at radius 1 is 1.17 bits per heavy atom. The van der Waals surface area contributed by atoms with Crippen molar-refractivity contribution in [2.75, 3.05) is 0 Å². The summed E-state index contributed by atoms with van der Waals surface area (Å²) < 4.78 is 5.84. The van der Waals surface area contributed by atoms with Gasteiger partial charge in [0, 0.05) is 5.39 Å². The van der Waals surface area contributed by atoms with Gasteiger partial charge in [0.2, 0.25) is 0 Å². The highest BCUT2D eigenvalue weighted by molar-refractivity contribution is 7.08. The van der Waals surface area contributed by atoms with Crippen LogP contribution in [0.25, 0.3) is 11.0 Å². The Morgan fingerprint density at radius 2 is 2.00 bits per heavy atom. The van der Waals surface area contributed by atoms with E-state index < -0.39 is 0 Å². The lowest BCUT2D eigenvalue weighted by atomic mass is 10.1. The zero-order valence-corrected chi connectivity index (χ0v) is 11.3. The molecule has 0 aliphatic carbocycles. The van der Waals surface area contributed by atoms with Gasteiger partial charge in [-0.1, -0.05) is 11.6 Å². The van der Waals surface area contributed by atoms with Gasteiger partial charge in [0.05, 0.1) is 6.04 Å². The summed E-state index contributed by atoms with van der Waals surface area (Å²) in [5.41, 5.74) is 10.8. The van der Waals surface area contributed by atoms with Crippen LogP contribution in [-0.2, 0) is 0 Å². The number of furan rings is 1. The Morgan fingerprint density at radius 3 is 2.72 bits per heavy atom. The number of nitrogens with two attached hydrogens (primary N) is 1. The van der Waals surface area contributed by atoms with Crippen molar-refractivity contribution in [1.82, 2.24) is 0 Å². The van der Waals surface area contributed by atoms with Crippen molar-refractivity contribution in [3.63, 3.8) is 0 Å². The predicted octanol–water partition coefficient (Wildman–Crippen LogP) is 4.16. The molecule has 0 aliphatic rings. The Hall–Kier alpha value is -1.58. The second kappa shape index (κ2) is 4.26. The zero-order chi connectivity index (χ0) is 12.7. The molecule has 3 aromatic rings. The van der Waals surface area contributed by atoms with E-state index in [0.29, 0.717) is 0 Å². The molecule has 0 saturated carbocycles. The molecule has 1 atom stereocenters. The number of hydrogen-bond acceptors (Lipinski definition) is 3. The van der Waals surface area contributed by atoms with Crippen molar-refractivity contribution in [3.8, 4) is 0 Å². The first kappa shape index (κ1) is 11.5. The number of benzene rings is 1. The van der Waals surface area contributed by atoms with Gasteiger partial charge >= 0.3 is 0 Å². The molecule has 2 heterocycles. The maximum absolute atomic E-state index is 6.28. The first-order valence-corrected chi connectivity index (χ1v) is 6.88. The smallest absolute Gasteiger partial charge is 0.134 e. The van der Waals surface area contributed by atoms with E-state index in [2.05, 4.69) is 36.7 Å². The van der Waals surface area contributed by atoms with E-state index in [4.69, 9.17) is 10.2 Å². The van der Waals surface area contributed by atoms with Crippen molar-refractivity contribution < 1.29 is 4.42 Å². The highest BCUT2D eigenvalue weighted by atomic mass is 32.1. The molecular formula is C15H15NOS. The monoisotopic (exact) mass is 257 g/mol. The van der Waals surface area contributed by atoms with Crippen molar-refractivity contribution in [1.29, 1.82) is 0 Å². The van der Waals surface area contributed by atoms with Crippen LogP contribution in [0.5, 0.6) is 0 Å². The standard InChI is InChI=1S/C15H15NOS/c1-9-3-4-13-11(5-9)6-14(17-13)15(16)12-8-18-7-10(12)2/h3-8,15H,16H2,1-2H3. The van der Waals surface area contributed by atoms with E-state index in [-0.39, 0.29) is 6.04 Å². The molecule has 1 unspecified atom stereocenters. The minimum absolute atomic E-state index is 0.177. The lowest BCUT2D eigenvalue weighted by molar-refractivity contribution is 0.525. The third-order valence-corrected chi connectivity index (χ3v) is 4.11. The van der Waals surface area contributed by atoms with Gasteiger partial charge in [-0.25, -0.2) is 0 Å². The van der Waals surface area contributed by atoms with Crippen LogP contribution in [0.4, 0.5) is 0 Å². The molecule has 0 radical (unpaired) electrons. The van der Waals surface area contributed by atoms with Gasteiger partial charge in [-0.15, -0.1) is 0 Å². The van der Waals surface area contributed by atoms with E-state index in [1.54, 1.807) is 11.3 Å². The molecule has 3 rings (SSSR count). The van der Waals surface area contributed by atoms with Gasteiger partial charge < -0.3 is 10.2 Å².